The van der Waals surface area contributed by atoms with Gasteiger partial charge in [-0.1, -0.05) is 65.8 Å². The number of nitrogens with two attached hydrogens (primary N) is 1. The summed E-state index contributed by atoms with van der Waals surface area (Å²) in [6, 6.07) is 24.5. The number of carbonyl (C=O) groups excluding carboxylic acids is 1. The van der Waals surface area contributed by atoms with Gasteiger partial charge < -0.3 is 25.4 Å². The zero-order valence-corrected chi connectivity index (χ0v) is 17.3. The molecule has 0 unspecified atom stereocenters. The number of amides is 1. The Labute approximate surface area is 181 Å². The molecule has 0 spiro atoms. The molecule has 3 rings (SSSR count). The third kappa shape index (κ3) is 6.50. The van der Waals surface area contributed by atoms with Crippen LogP contribution in [0.2, 0.25) is 0 Å². The van der Waals surface area contributed by atoms with E-state index < -0.39 is 0 Å². The van der Waals surface area contributed by atoms with Crippen molar-refractivity contribution < 1.29 is 19.1 Å². The maximum Gasteiger partial charge on any atom is 0.261 e. The number of hydrogen-bond acceptors (Lipinski definition) is 5. The van der Waals surface area contributed by atoms with Crippen molar-refractivity contribution in [3.63, 3.8) is 0 Å². The fraction of sp³-hybridized carbons (Fsp3) is 0.167. The number of para-hydroxylation sites is 2. The molecule has 1 amide bonds. The molecule has 31 heavy (non-hydrogen) atoms. The number of nitrogens with one attached hydrogen (secondary N) is 1. The summed E-state index contributed by atoms with van der Waals surface area (Å²) in [6.45, 7) is 0.460. The molecule has 0 aliphatic heterocycles. The van der Waals surface area contributed by atoms with E-state index in [0.717, 1.165) is 11.1 Å². The van der Waals surface area contributed by atoms with Gasteiger partial charge in [0.15, 0.2) is 12.4 Å². The van der Waals surface area contributed by atoms with Crippen molar-refractivity contribution in [2.75, 3.05) is 13.7 Å². The summed E-state index contributed by atoms with van der Waals surface area (Å²) in [5.74, 6) is 1.09. The van der Waals surface area contributed by atoms with Crippen LogP contribution >= 0.6 is 0 Å². The highest BCUT2D eigenvalue weighted by Crippen LogP contribution is 2.19. The van der Waals surface area contributed by atoms with Gasteiger partial charge in [-0.2, -0.15) is 0 Å². The number of methoxy groups -OCH3 is 1. The second kappa shape index (κ2) is 11.3. The molecule has 0 bridgehead atoms. The molecule has 3 aromatic rings. The second-order valence-corrected chi connectivity index (χ2v) is 6.61. The molecule has 0 aliphatic rings. The molecule has 0 heterocycles. The predicted octanol–water partition coefficient (Wildman–Crippen LogP) is 3.23. The van der Waals surface area contributed by atoms with E-state index >= 15 is 0 Å². The lowest BCUT2D eigenvalue weighted by molar-refractivity contribution is -0.125. The molecule has 0 fully saturated rings. The number of rotatable bonds is 10. The van der Waals surface area contributed by atoms with E-state index in [1.807, 2.05) is 66.7 Å². The van der Waals surface area contributed by atoms with Gasteiger partial charge in [-0.15, -0.1) is 0 Å². The lowest BCUT2D eigenvalue weighted by atomic mass is 10.2. The highest BCUT2D eigenvalue weighted by atomic mass is 16.6. The van der Waals surface area contributed by atoms with Crippen LogP contribution < -0.4 is 20.5 Å². The van der Waals surface area contributed by atoms with Crippen LogP contribution in [0.25, 0.3) is 0 Å². The number of nitrogens with zero attached hydrogens (tertiary/aromatic N) is 1. The SMILES string of the molecule is COc1ccccc1CNC(=O)CO/N=C(/N)c1ccccc1OCc1ccccc1. The Hall–Kier alpha value is -4.00. The molecule has 160 valence electrons. The molecule has 7 heteroatoms. The number of benzene rings is 3. The molecule has 7 nitrogen and oxygen atoms in total. The number of oxime groups is 1. The van der Waals surface area contributed by atoms with E-state index in [9.17, 15) is 4.79 Å². The minimum atomic E-state index is -0.323. The molecule has 0 radical (unpaired) electrons. The molecule has 0 saturated heterocycles. The van der Waals surface area contributed by atoms with E-state index in [4.69, 9.17) is 20.0 Å². The van der Waals surface area contributed by atoms with E-state index in [0.29, 0.717) is 30.2 Å². The highest BCUT2D eigenvalue weighted by Gasteiger charge is 2.09. The Morgan fingerprint density at radius 2 is 1.61 bits per heavy atom. The summed E-state index contributed by atoms with van der Waals surface area (Å²) in [7, 11) is 1.59. The van der Waals surface area contributed by atoms with E-state index in [1.165, 1.54) is 0 Å². The van der Waals surface area contributed by atoms with Crippen molar-refractivity contribution >= 4 is 11.7 Å². The van der Waals surface area contributed by atoms with Crippen LogP contribution in [0.3, 0.4) is 0 Å². The van der Waals surface area contributed by atoms with Gasteiger partial charge in [-0.3, -0.25) is 4.79 Å². The minimum absolute atomic E-state index is 0.126. The fourth-order valence-electron chi connectivity index (χ4n) is 2.84. The Morgan fingerprint density at radius 1 is 0.935 bits per heavy atom. The van der Waals surface area contributed by atoms with Crippen LogP contribution in [0.1, 0.15) is 16.7 Å². The van der Waals surface area contributed by atoms with Crippen LogP contribution in [-0.2, 0) is 22.8 Å². The predicted molar refractivity (Wildman–Crippen MR) is 119 cm³/mol. The van der Waals surface area contributed by atoms with Gasteiger partial charge in [0.05, 0.1) is 12.7 Å². The summed E-state index contributed by atoms with van der Waals surface area (Å²) >= 11 is 0. The molecule has 0 saturated carbocycles. The Bertz CT molecular complexity index is 1020. The van der Waals surface area contributed by atoms with Gasteiger partial charge in [0.2, 0.25) is 0 Å². The van der Waals surface area contributed by atoms with E-state index in [2.05, 4.69) is 10.5 Å². The Kier molecular flexibility index (Phi) is 7.88. The summed E-state index contributed by atoms with van der Waals surface area (Å²) in [5, 5.41) is 6.63. The monoisotopic (exact) mass is 419 g/mol. The summed E-state index contributed by atoms with van der Waals surface area (Å²) in [5.41, 5.74) is 8.55. The van der Waals surface area contributed by atoms with Gasteiger partial charge in [-0.05, 0) is 23.8 Å². The van der Waals surface area contributed by atoms with Crippen LogP contribution in [0.15, 0.2) is 84.0 Å². The number of hydrogen-bond donors (Lipinski definition) is 2. The normalized spacial score (nSPS) is 10.9. The number of carbonyl (C=O) groups is 1. The molecule has 0 aliphatic carbocycles. The van der Waals surface area contributed by atoms with Crippen molar-refractivity contribution in [2.45, 2.75) is 13.2 Å². The number of ether oxygens (including phenoxy) is 2. The second-order valence-electron chi connectivity index (χ2n) is 6.61. The van der Waals surface area contributed by atoms with Crippen molar-refractivity contribution in [2.24, 2.45) is 10.9 Å². The maximum absolute atomic E-state index is 12.0. The first kappa shape index (κ1) is 21.7. The lowest BCUT2D eigenvalue weighted by Gasteiger charge is -2.11. The van der Waals surface area contributed by atoms with E-state index in [1.54, 1.807) is 19.2 Å². The number of amidine groups is 1. The van der Waals surface area contributed by atoms with Crippen LogP contribution in [0.5, 0.6) is 11.5 Å². The van der Waals surface area contributed by atoms with Gasteiger partial charge in [0.1, 0.15) is 18.1 Å². The average molecular weight is 419 g/mol. The highest BCUT2D eigenvalue weighted by molar-refractivity contribution is 5.99. The summed E-state index contributed by atoms with van der Waals surface area (Å²) in [4.78, 5) is 17.2. The van der Waals surface area contributed by atoms with Crippen LogP contribution in [0.4, 0.5) is 0 Å². The molecule has 3 aromatic carbocycles. The first-order valence-corrected chi connectivity index (χ1v) is 9.77. The lowest BCUT2D eigenvalue weighted by Crippen LogP contribution is -2.27. The minimum Gasteiger partial charge on any atom is -0.496 e. The molecule has 3 N–H and O–H groups in total. The standard InChI is InChI=1S/C24H25N3O4/c1-29-21-13-7-5-11-19(21)15-26-23(28)17-31-27-24(25)20-12-6-8-14-22(20)30-16-18-9-3-2-4-10-18/h2-14H,15-17H2,1H3,(H2,25,27)(H,26,28). The molecular formula is C24H25N3O4. The van der Waals surface area contributed by atoms with Gasteiger partial charge in [0, 0.05) is 12.1 Å². The first-order valence-electron chi connectivity index (χ1n) is 9.77. The maximum atomic E-state index is 12.0. The van der Waals surface area contributed by atoms with Gasteiger partial charge >= 0.3 is 0 Å². The molecule has 0 aromatic heterocycles. The first-order chi connectivity index (χ1) is 15.2. The zero-order valence-electron chi connectivity index (χ0n) is 17.3. The Morgan fingerprint density at radius 3 is 2.39 bits per heavy atom. The quantitative estimate of drug-likeness (QED) is 0.299. The molecular weight excluding hydrogens is 394 g/mol. The summed E-state index contributed by atoms with van der Waals surface area (Å²) in [6.07, 6.45) is 0. The van der Waals surface area contributed by atoms with Crippen molar-refractivity contribution in [3.8, 4) is 11.5 Å². The fourth-order valence-corrected chi connectivity index (χ4v) is 2.84. The van der Waals surface area contributed by atoms with Crippen LogP contribution in [-0.4, -0.2) is 25.5 Å². The smallest absolute Gasteiger partial charge is 0.261 e. The summed E-state index contributed by atoms with van der Waals surface area (Å²) < 4.78 is 11.1. The average Bonchev–Trinajstić information content (AvgIpc) is 2.82. The van der Waals surface area contributed by atoms with Crippen LogP contribution in [0, 0.1) is 0 Å². The van der Waals surface area contributed by atoms with E-state index in [-0.39, 0.29) is 18.3 Å². The largest absolute Gasteiger partial charge is 0.496 e. The van der Waals surface area contributed by atoms with Gasteiger partial charge in [-0.25, -0.2) is 0 Å². The zero-order chi connectivity index (χ0) is 21.9. The molecule has 0 atom stereocenters. The van der Waals surface area contributed by atoms with Gasteiger partial charge in [0.25, 0.3) is 5.91 Å². The van der Waals surface area contributed by atoms with Crippen molar-refractivity contribution in [1.82, 2.24) is 5.32 Å². The Balaban J connectivity index is 1.52. The van der Waals surface area contributed by atoms with Crippen molar-refractivity contribution in [1.29, 1.82) is 0 Å². The third-order valence-corrected chi connectivity index (χ3v) is 4.43. The third-order valence-electron chi connectivity index (χ3n) is 4.43. The topological polar surface area (TPSA) is 95.2 Å². The van der Waals surface area contributed by atoms with Crippen molar-refractivity contribution in [3.05, 3.63) is 95.6 Å².